The molecule has 0 radical (unpaired) electrons. The maximum absolute atomic E-state index is 6.24. The maximum Gasteiger partial charge on any atom is 0.171 e. The molecule has 19 heavy (non-hydrogen) atoms. The van der Waals surface area contributed by atoms with Gasteiger partial charge < -0.3 is 15.5 Å². The molecule has 1 unspecified atom stereocenters. The van der Waals surface area contributed by atoms with Gasteiger partial charge in [-0.1, -0.05) is 29.8 Å². The molecule has 5 heteroatoms. The number of benzene rings is 1. The van der Waals surface area contributed by atoms with Crippen LogP contribution in [0.1, 0.15) is 18.0 Å². The van der Waals surface area contributed by atoms with Crippen molar-refractivity contribution in [2.45, 2.75) is 12.5 Å². The second-order valence-electron chi connectivity index (χ2n) is 4.84. The van der Waals surface area contributed by atoms with Crippen LogP contribution in [0.3, 0.4) is 0 Å². The molecule has 1 aromatic carbocycles. The quantitative estimate of drug-likeness (QED) is 0.835. The summed E-state index contributed by atoms with van der Waals surface area (Å²) in [6, 6.07) is 7.88. The van der Waals surface area contributed by atoms with Crippen molar-refractivity contribution in [3.63, 3.8) is 0 Å². The summed E-state index contributed by atoms with van der Waals surface area (Å²) in [6.07, 6.45) is 3.09. The molecule has 3 nitrogen and oxygen atoms in total. The lowest BCUT2D eigenvalue weighted by molar-refractivity contribution is 0.409. The lowest BCUT2D eigenvalue weighted by Gasteiger charge is -2.27. The lowest BCUT2D eigenvalue weighted by atomic mass is 10.0. The molecule has 0 spiro atoms. The van der Waals surface area contributed by atoms with Crippen molar-refractivity contribution < 1.29 is 0 Å². The predicted molar refractivity (Wildman–Crippen MR) is 84.3 cm³/mol. The first-order valence-electron chi connectivity index (χ1n) is 6.23. The number of thiocarbonyl (C=S) groups is 1. The third-order valence-electron chi connectivity index (χ3n) is 3.00. The summed E-state index contributed by atoms with van der Waals surface area (Å²) in [7, 11) is 4.12. The molecular formula is C14H18ClN3S. The van der Waals surface area contributed by atoms with E-state index in [2.05, 4.69) is 35.7 Å². The number of nitrogens with one attached hydrogen (secondary N) is 2. The number of nitrogens with zero attached hydrogens (tertiary/aromatic N) is 1. The van der Waals surface area contributed by atoms with Crippen molar-refractivity contribution in [3.8, 4) is 0 Å². The average molecular weight is 296 g/mol. The Morgan fingerprint density at radius 2 is 2.05 bits per heavy atom. The van der Waals surface area contributed by atoms with Crippen molar-refractivity contribution >= 4 is 28.9 Å². The van der Waals surface area contributed by atoms with Gasteiger partial charge in [-0.3, -0.25) is 0 Å². The van der Waals surface area contributed by atoms with E-state index in [9.17, 15) is 0 Å². The van der Waals surface area contributed by atoms with Crippen LogP contribution in [0.2, 0.25) is 5.02 Å². The zero-order valence-electron chi connectivity index (χ0n) is 11.1. The van der Waals surface area contributed by atoms with Crippen molar-refractivity contribution in [3.05, 3.63) is 46.6 Å². The zero-order chi connectivity index (χ0) is 13.8. The van der Waals surface area contributed by atoms with Gasteiger partial charge in [0.05, 0.1) is 6.04 Å². The fourth-order valence-electron chi connectivity index (χ4n) is 1.99. The monoisotopic (exact) mass is 295 g/mol. The van der Waals surface area contributed by atoms with E-state index in [0.717, 1.165) is 29.2 Å². The topological polar surface area (TPSA) is 27.3 Å². The third kappa shape index (κ3) is 3.93. The van der Waals surface area contributed by atoms with Crippen LogP contribution in [0.15, 0.2) is 36.0 Å². The zero-order valence-corrected chi connectivity index (χ0v) is 12.7. The number of hydrogen-bond acceptors (Lipinski definition) is 2. The molecule has 1 atom stereocenters. The second-order valence-corrected chi connectivity index (χ2v) is 5.66. The molecular weight excluding hydrogens is 278 g/mol. The predicted octanol–water partition coefficient (Wildman–Crippen LogP) is 2.69. The minimum absolute atomic E-state index is 0.0413. The van der Waals surface area contributed by atoms with Crippen molar-refractivity contribution in [1.82, 2.24) is 15.5 Å². The van der Waals surface area contributed by atoms with Crippen LogP contribution in [0.4, 0.5) is 0 Å². The summed E-state index contributed by atoms with van der Waals surface area (Å²) in [6.45, 7) is 0.983. The standard InChI is InChI=1S/C14H18ClN3S/c1-18(2)8-7-10-9-13(17-14(19)16-10)11-5-3-4-6-12(11)15/h3-6,9,13H,7-8H2,1-2H3,(H2,16,17,19). The summed E-state index contributed by atoms with van der Waals surface area (Å²) in [5.41, 5.74) is 2.19. The molecule has 0 aliphatic carbocycles. The minimum Gasteiger partial charge on any atom is -0.352 e. The fourth-order valence-corrected chi connectivity index (χ4v) is 2.50. The highest BCUT2D eigenvalue weighted by atomic mass is 35.5. The van der Waals surface area contributed by atoms with E-state index < -0.39 is 0 Å². The van der Waals surface area contributed by atoms with Gasteiger partial charge in [0.1, 0.15) is 0 Å². The normalized spacial score (nSPS) is 18.8. The van der Waals surface area contributed by atoms with Crippen LogP contribution < -0.4 is 10.6 Å². The molecule has 0 saturated heterocycles. The van der Waals surface area contributed by atoms with Gasteiger partial charge in [0.25, 0.3) is 0 Å². The summed E-state index contributed by atoms with van der Waals surface area (Å²) in [4.78, 5) is 2.15. The first-order valence-corrected chi connectivity index (χ1v) is 7.02. The Kier molecular flexibility index (Phi) is 4.80. The van der Waals surface area contributed by atoms with Gasteiger partial charge in [-0.05, 0) is 44.0 Å². The number of halogens is 1. The molecule has 2 rings (SSSR count). The number of hydrogen-bond donors (Lipinski definition) is 2. The Morgan fingerprint density at radius 1 is 1.32 bits per heavy atom. The van der Waals surface area contributed by atoms with Crippen molar-refractivity contribution in [2.75, 3.05) is 20.6 Å². The smallest absolute Gasteiger partial charge is 0.171 e. The van der Waals surface area contributed by atoms with Crippen LogP contribution in [0.25, 0.3) is 0 Å². The van der Waals surface area contributed by atoms with E-state index in [0.29, 0.717) is 5.11 Å². The first-order chi connectivity index (χ1) is 9.06. The van der Waals surface area contributed by atoms with Crippen LogP contribution in [0.5, 0.6) is 0 Å². The summed E-state index contributed by atoms with van der Waals surface area (Å²) in [5.74, 6) is 0. The largest absolute Gasteiger partial charge is 0.352 e. The Bertz CT molecular complexity index is 499. The van der Waals surface area contributed by atoms with Gasteiger partial charge in [-0.25, -0.2) is 0 Å². The van der Waals surface area contributed by atoms with Gasteiger partial charge in [0.2, 0.25) is 0 Å². The Labute approximate surface area is 124 Å². The van der Waals surface area contributed by atoms with Gasteiger partial charge in [-0.2, -0.15) is 0 Å². The maximum atomic E-state index is 6.24. The Balaban J connectivity index is 2.18. The summed E-state index contributed by atoms with van der Waals surface area (Å²) < 4.78 is 0. The SMILES string of the molecule is CN(C)CCC1=CC(c2ccccc2Cl)NC(=S)N1. The van der Waals surface area contributed by atoms with E-state index in [4.69, 9.17) is 23.8 Å². The molecule has 1 aliphatic heterocycles. The highest BCUT2D eigenvalue weighted by molar-refractivity contribution is 7.80. The molecule has 1 heterocycles. The van der Waals surface area contributed by atoms with Crippen LogP contribution in [-0.4, -0.2) is 30.7 Å². The molecule has 0 aromatic heterocycles. The molecule has 102 valence electrons. The van der Waals surface area contributed by atoms with E-state index in [1.807, 2.05) is 24.3 Å². The van der Waals surface area contributed by atoms with E-state index in [1.165, 1.54) is 0 Å². The molecule has 1 aliphatic rings. The molecule has 0 amide bonds. The first kappa shape index (κ1) is 14.3. The number of rotatable bonds is 4. The van der Waals surface area contributed by atoms with Crippen molar-refractivity contribution in [2.24, 2.45) is 0 Å². The Hall–Kier alpha value is -1.10. The minimum atomic E-state index is 0.0413. The van der Waals surface area contributed by atoms with E-state index >= 15 is 0 Å². The fraction of sp³-hybridized carbons (Fsp3) is 0.357. The summed E-state index contributed by atoms with van der Waals surface area (Å²) in [5, 5.41) is 7.85. The lowest BCUT2D eigenvalue weighted by Crippen LogP contribution is -2.41. The molecule has 0 saturated carbocycles. The van der Waals surface area contributed by atoms with Gasteiger partial charge in [0, 0.05) is 23.7 Å². The van der Waals surface area contributed by atoms with E-state index in [-0.39, 0.29) is 6.04 Å². The molecule has 1 aromatic rings. The third-order valence-corrected chi connectivity index (χ3v) is 3.56. The second kappa shape index (κ2) is 6.37. The molecule has 0 bridgehead atoms. The molecule has 0 fully saturated rings. The van der Waals surface area contributed by atoms with E-state index in [1.54, 1.807) is 0 Å². The highest BCUT2D eigenvalue weighted by Crippen LogP contribution is 2.26. The summed E-state index contributed by atoms with van der Waals surface area (Å²) >= 11 is 11.5. The van der Waals surface area contributed by atoms with Gasteiger partial charge in [-0.15, -0.1) is 0 Å². The van der Waals surface area contributed by atoms with Crippen LogP contribution in [0, 0.1) is 0 Å². The molecule has 2 N–H and O–H groups in total. The van der Waals surface area contributed by atoms with Gasteiger partial charge in [0.15, 0.2) is 5.11 Å². The van der Waals surface area contributed by atoms with Crippen molar-refractivity contribution in [1.29, 1.82) is 0 Å². The van der Waals surface area contributed by atoms with Crippen LogP contribution in [-0.2, 0) is 0 Å². The van der Waals surface area contributed by atoms with Crippen LogP contribution >= 0.6 is 23.8 Å². The van der Waals surface area contributed by atoms with Gasteiger partial charge >= 0.3 is 0 Å². The average Bonchev–Trinajstić information content (AvgIpc) is 2.36. The highest BCUT2D eigenvalue weighted by Gasteiger charge is 2.19. The Morgan fingerprint density at radius 3 is 2.74 bits per heavy atom.